The van der Waals surface area contributed by atoms with Crippen molar-refractivity contribution in [3.05, 3.63) is 70.7 Å². The number of aromatic nitrogens is 3. The number of alkyl halides is 3. The van der Waals surface area contributed by atoms with Crippen LogP contribution >= 0.6 is 0 Å². The Morgan fingerprint density at radius 3 is 2.61 bits per heavy atom. The quantitative estimate of drug-likeness (QED) is 0.488. The maximum absolute atomic E-state index is 12.9. The Bertz CT molecular complexity index is 1240. The van der Waals surface area contributed by atoms with Crippen molar-refractivity contribution < 1.29 is 18.0 Å². The van der Waals surface area contributed by atoms with E-state index in [0.717, 1.165) is 23.3 Å². The van der Waals surface area contributed by atoms with Crippen molar-refractivity contribution >= 4 is 41.7 Å². The predicted octanol–water partition coefficient (Wildman–Crippen LogP) is 5.39. The summed E-state index contributed by atoms with van der Waals surface area (Å²) in [5, 5.41) is 5.43. The van der Waals surface area contributed by atoms with E-state index in [1.54, 1.807) is 26.2 Å². The van der Waals surface area contributed by atoms with Gasteiger partial charge in [0.15, 0.2) is 5.82 Å². The van der Waals surface area contributed by atoms with Gasteiger partial charge in [-0.1, -0.05) is 6.07 Å². The molecule has 0 unspecified atom stereocenters. The highest BCUT2D eigenvalue weighted by atomic mass is 19.4. The van der Waals surface area contributed by atoms with Crippen LogP contribution < -0.4 is 10.6 Å². The van der Waals surface area contributed by atoms with Crippen LogP contribution in [-0.2, 0) is 6.18 Å². The Morgan fingerprint density at radius 2 is 1.94 bits per heavy atom. The number of carbonyl (C=O) groups excluding carboxylic acids is 1. The molecule has 0 bridgehead atoms. The lowest BCUT2D eigenvalue weighted by Gasteiger charge is -2.12. The number of nitrogens with one attached hydrogen (secondary N) is 2. The highest BCUT2D eigenvalue weighted by Crippen LogP contribution is 2.30. The molecule has 10 heteroatoms. The molecule has 0 saturated carbocycles. The van der Waals surface area contributed by atoms with Gasteiger partial charge < -0.3 is 10.6 Å². The monoisotopic (exact) mass is 454 g/mol. The van der Waals surface area contributed by atoms with Crippen molar-refractivity contribution in [1.82, 2.24) is 15.0 Å². The van der Waals surface area contributed by atoms with Crippen molar-refractivity contribution in [2.75, 3.05) is 17.7 Å². The number of anilines is 2. The zero-order valence-electron chi connectivity index (χ0n) is 18.2. The van der Waals surface area contributed by atoms with Gasteiger partial charge in [0, 0.05) is 35.6 Å². The Hall–Kier alpha value is -4.08. The number of hydrogen-bond acceptors (Lipinski definition) is 6. The van der Waals surface area contributed by atoms with E-state index in [-0.39, 0.29) is 5.56 Å². The summed E-state index contributed by atoms with van der Waals surface area (Å²) >= 11 is 0. The maximum Gasteiger partial charge on any atom is 0.416 e. The first-order chi connectivity index (χ1) is 15.6. The van der Waals surface area contributed by atoms with E-state index in [1.807, 2.05) is 13.0 Å². The number of aryl methyl sites for hydroxylation is 1. The number of amides is 1. The van der Waals surface area contributed by atoms with Crippen molar-refractivity contribution in [3.8, 4) is 0 Å². The van der Waals surface area contributed by atoms with Gasteiger partial charge in [0.25, 0.3) is 5.91 Å². The highest BCUT2D eigenvalue weighted by Gasteiger charge is 2.30. The Kier molecular flexibility index (Phi) is 6.86. The van der Waals surface area contributed by atoms with Crippen LogP contribution in [0.2, 0.25) is 0 Å². The summed E-state index contributed by atoms with van der Waals surface area (Å²) in [6, 6.07) is 5.92. The van der Waals surface area contributed by atoms with Crippen LogP contribution in [0.15, 0.2) is 47.7 Å². The van der Waals surface area contributed by atoms with Gasteiger partial charge in [-0.25, -0.2) is 9.98 Å². The highest BCUT2D eigenvalue weighted by molar-refractivity contribution is 6.04. The number of nitrogens with zero attached hydrogens (tertiary/aromatic N) is 4. The zero-order valence-corrected chi connectivity index (χ0v) is 18.2. The third-order valence-electron chi connectivity index (χ3n) is 4.76. The largest absolute Gasteiger partial charge is 0.416 e. The Morgan fingerprint density at radius 1 is 1.18 bits per heavy atom. The summed E-state index contributed by atoms with van der Waals surface area (Å²) in [5.74, 6) is 0.131. The first kappa shape index (κ1) is 23.6. The summed E-state index contributed by atoms with van der Waals surface area (Å²) < 4.78 is 38.8. The average Bonchev–Trinajstić information content (AvgIpc) is 2.80. The van der Waals surface area contributed by atoms with Gasteiger partial charge >= 0.3 is 6.18 Å². The first-order valence-corrected chi connectivity index (χ1v) is 9.78. The normalized spacial score (nSPS) is 11.8. The molecule has 0 aliphatic rings. The summed E-state index contributed by atoms with van der Waals surface area (Å²) in [5.41, 5.74) is 2.19. The fourth-order valence-electron chi connectivity index (χ4n) is 3.08. The molecule has 2 heterocycles. The second kappa shape index (κ2) is 9.60. The third kappa shape index (κ3) is 5.59. The van der Waals surface area contributed by atoms with E-state index in [0.29, 0.717) is 28.7 Å². The number of rotatable bonds is 6. The molecule has 0 spiro atoms. The second-order valence-electron chi connectivity index (χ2n) is 7.10. The lowest BCUT2D eigenvalue weighted by Crippen LogP contribution is -2.14. The topological polar surface area (TPSA) is 92.2 Å². The molecule has 3 aromatic rings. The number of allylic oxidation sites excluding steroid dienone is 1. The molecule has 170 valence electrons. The van der Waals surface area contributed by atoms with Gasteiger partial charge in [-0.15, -0.1) is 0 Å². The molecule has 1 amide bonds. The number of carbonyl (C=O) groups is 1. The van der Waals surface area contributed by atoms with Gasteiger partial charge in [0.1, 0.15) is 0 Å². The molecule has 0 aliphatic carbocycles. The first-order valence-electron chi connectivity index (χ1n) is 9.78. The van der Waals surface area contributed by atoms with E-state index >= 15 is 0 Å². The Labute approximate surface area is 188 Å². The molecule has 2 aromatic heterocycles. The number of hydrogen-bond donors (Lipinski definition) is 2. The van der Waals surface area contributed by atoms with Crippen molar-refractivity contribution in [1.29, 1.82) is 0 Å². The maximum atomic E-state index is 12.9. The molecule has 0 aliphatic heterocycles. The van der Waals surface area contributed by atoms with Crippen LogP contribution in [0.5, 0.6) is 0 Å². The minimum atomic E-state index is -4.54. The summed E-state index contributed by atoms with van der Waals surface area (Å²) in [7, 11) is 1.69. The summed E-state index contributed by atoms with van der Waals surface area (Å²) in [6.07, 6.45) is 0.324. The molecule has 0 atom stereocenters. The van der Waals surface area contributed by atoms with E-state index in [4.69, 9.17) is 0 Å². The van der Waals surface area contributed by atoms with Crippen LogP contribution in [0.1, 0.15) is 39.7 Å². The molecule has 0 radical (unpaired) electrons. The van der Waals surface area contributed by atoms with Gasteiger partial charge in [0.05, 0.1) is 17.4 Å². The standard InChI is InChI=1S/C23H21F3N6O/c1-13(8-16-11-30-22(28-4)32-20(16)27-3)19-10-18(12-29-14(19)2)31-21(33)15-6-5-7-17(9-15)23(24,25)26/h5-12H,3H2,1-2,4H3,(H,31,33)(H,28,30,32)/b13-8+. The Balaban J connectivity index is 1.89. The van der Waals surface area contributed by atoms with E-state index in [9.17, 15) is 18.0 Å². The van der Waals surface area contributed by atoms with Gasteiger partial charge in [0.2, 0.25) is 5.95 Å². The minimum absolute atomic E-state index is 0.109. The zero-order chi connectivity index (χ0) is 24.2. The molecule has 7 nitrogen and oxygen atoms in total. The van der Waals surface area contributed by atoms with E-state index < -0.39 is 17.6 Å². The van der Waals surface area contributed by atoms with Crippen LogP contribution in [0.4, 0.5) is 30.6 Å². The van der Waals surface area contributed by atoms with Gasteiger partial charge in [-0.2, -0.15) is 18.2 Å². The molecule has 3 rings (SSSR count). The van der Waals surface area contributed by atoms with E-state index in [1.165, 1.54) is 18.3 Å². The molecular weight excluding hydrogens is 433 g/mol. The molecular formula is C23H21F3N6O. The smallest absolute Gasteiger partial charge is 0.357 e. The SMILES string of the molecule is C=Nc1nc(NC)ncc1/C=C(\C)c1cc(NC(=O)c2cccc(C(F)(F)F)c2)cnc1C. The van der Waals surface area contributed by atoms with Gasteiger partial charge in [-0.05, 0) is 56.5 Å². The molecule has 2 N–H and O–H groups in total. The van der Waals surface area contributed by atoms with Crippen LogP contribution in [0.25, 0.3) is 11.6 Å². The van der Waals surface area contributed by atoms with E-state index in [2.05, 4.69) is 37.3 Å². The minimum Gasteiger partial charge on any atom is -0.357 e. The molecule has 1 aromatic carbocycles. The molecule has 0 saturated heterocycles. The fraction of sp³-hybridized carbons (Fsp3) is 0.174. The van der Waals surface area contributed by atoms with Crippen molar-refractivity contribution in [2.45, 2.75) is 20.0 Å². The van der Waals surface area contributed by atoms with Crippen LogP contribution in [-0.4, -0.2) is 34.6 Å². The molecule has 33 heavy (non-hydrogen) atoms. The van der Waals surface area contributed by atoms with Crippen molar-refractivity contribution in [3.63, 3.8) is 0 Å². The lowest BCUT2D eigenvalue weighted by molar-refractivity contribution is -0.137. The summed E-state index contributed by atoms with van der Waals surface area (Å²) in [6.45, 7) is 7.19. The van der Waals surface area contributed by atoms with Gasteiger partial charge in [-0.3, -0.25) is 9.78 Å². The average molecular weight is 454 g/mol. The second-order valence-corrected chi connectivity index (χ2v) is 7.10. The number of halogens is 3. The van der Waals surface area contributed by atoms with Crippen molar-refractivity contribution in [2.24, 2.45) is 4.99 Å². The van der Waals surface area contributed by atoms with Crippen LogP contribution in [0, 0.1) is 6.92 Å². The van der Waals surface area contributed by atoms with Crippen LogP contribution in [0.3, 0.4) is 0 Å². The predicted molar refractivity (Wildman–Crippen MR) is 123 cm³/mol. The number of pyridine rings is 1. The number of benzene rings is 1. The lowest BCUT2D eigenvalue weighted by atomic mass is 10.0. The number of aliphatic imine (C=N–C) groups is 1. The fourth-order valence-corrected chi connectivity index (χ4v) is 3.08. The summed E-state index contributed by atoms with van der Waals surface area (Å²) in [4.78, 5) is 29.2. The third-order valence-corrected chi connectivity index (χ3v) is 4.76. The molecule has 0 fully saturated rings.